The van der Waals surface area contributed by atoms with Crippen LogP contribution in [-0.2, 0) is 0 Å². The number of nitrogens with one attached hydrogen (secondary N) is 1. The van der Waals surface area contributed by atoms with Crippen molar-refractivity contribution in [2.75, 3.05) is 5.32 Å². The zero-order valence-corrected chi connectivity index (χ0v) is 10.8. The van der Waals surface area contributed by atoms with Crippen molar-refractivity contribution >= 4 is 11.5 Å². The van der Waals surface area contributed by atoms with Crippen LogP contribution < -0.4 is 5.32 Å². The summed E-state index contributed by atoms with van der Waals surface area (Å²) in [5.41, 5.74) is 2.16. The second-order valence-corrected chi connectivity index (χ2v) is 4.43. The molecule has 2 nitrogen and oxygen atoms in total. The van der Waals surface area contributed by atoms with E-state index in [-0.39, 0.29) is 6.04 Å². The highest BCUT2D eigenvalue weighted by molar-refractivity contribution is 6.08. The van der Waals surface area contributed by atoms with Crippen LogP contribution in [0.5, 0.6) is 0 Å². The molecular formula is C16H18N2. The average Bonchev–Trinajstić information content (AvgIpc) is 2.40. The van der Waals surface area contributed by atoms with E-state index in [4.69, 9.17) is 0 Å². The quantitative estimate of drug-likeness (QED) is 0.635. The first-order valence-electron chi connectivity index (χ1n) is 6.21. The Balaban J connectivity index is 2.28. The maximum absolute atomic E-state index is 4.65. The lowest BCUT2D eigenvalue weighted by molar-refractivity contribution is 0.836. The molecule has 2 aromatic carbocycles. The van der Waals surface area contributed by atoms with Crippen LogP contribution in [0.2, 0.25) is 0 Å². The predicted molar refractivity (Wildman–Crippen MR) is 78.2 cm³/mol. The zero-order chi connectivity index (χ0) is 12.8. The maximum atomic E-state index is 4.65. The maximum Gasteiger partial charge on any atom is 0.132 e. The Kier molecular flexibility index (Phi) is 4.13. The van der Waals surface area contributed by atoms with Gasteiger partial charge in [-0.1, -0.05) is 48.5 Å². The molecule has 0 spiro atoms. The summed E-state index contributed by atoms with van der Waals surface area (Å²) < 4.78 is 0. The summed E-state index contributed by atoms with van der Waals surface area (Å²) in [7, 11) is 0. The molecule has 2 heteroatoms. The molecule has 18 heavy (non-hydrogen) atoms. The molecule has 0 amide bonds. The smallest absolute Gasteiger partial charge is 0.132 e. The van der Waals surface area contributed by atoms with Crippen LogP contribution in [0.4, 0.5) is 5.69 Å². The minimum atomic E-state index is 0.261. The number of amidine groups is 1. The summed E-state index contributed by atoms with van der Waals surface area (Å²) >= 11 is 0. The number of hydrogen-bond donors (Lipinski definition) is 1. The van der Waals surface area contributed by atoms with E-state index < -0.39 is 0 Å². The summed E-state index contributed by atoms with van der Waals surface area (Å²) in [5.74, 6) is 0.914. The number of benzene rings is 2. The average molecular weight is 238 g/mol. The molecule has 0 aliphatic carbocycles. The van der Waals surface area contributed by atoms with Crippen molar-refractivity contribution < 1.29 is 0 Å². The molecule has 0 aromatic heterocycles. The third kappa shape index (κ3) is 3.45. The van der Waals surface area contributed by atoms with Crippen LogP contribution in [-0.4, -0.2) is 11.9 Å². The molecule has 0 heterocycles. The van der Waals surface area contributed by atoms with Crippen LogP contribution in [0.15, 0.2) is 65.7 Å². The Morgan fingerprint density at radius 2 is 1.44 bits per heavy atom. The lowest BCUT2D eigenvalue weighted by Gasteiger charge is -2.11. The van der Waals surface area contributed by atoms with Gasteiger partial charge in [0.05, 0.1) is 0 Å². The van der Waals surface area contributed by atoms with Crippen molar-refractivity contribution in [3.05, 3.63) is 66.2 Å². The van der Waals surface area contributed by atoms with Gasteiger partial charge in [0.25, 0.3) is 0 Å². The summed E-state index contributed by atoms with van der Waals surface area (Å²) in [6.45, 7) is 4.16. The van der Waals surface area contributed by atoms with Gasteiger partial charge < -0.3 is 5.32 Å². The van der Waals surface area contributed by atoms with Crippen molar-refractivity contribution in [1.29, 1.82) is 0 Å². The Morgan fingerprint density at radius 1 is 0.889 bits per heavy atom. The Bertz CT molecular complexity index is 501. The second kappa shape index (κ2) is 6.01. The lowest BCUT2D eigenvalue weighted by Crippen LogP contribution is -2.15. The Morgan fingerprint density at radius 3 is 2.00 bits per heavy atom. The van der Waals surface area contributed by atoms with Crippen LogP contribution in [0.3, 0.4) is 0 Å². The molecule has 2 aromatic rings. The van der Waals surface area contributed by atoms with E-state index in [1.165, 1.54) is 0 Å². The third-order valence-corrected chi connectivity index (χ3v) is 2.47. The number of hydrogen-bond acceptors (Lipinski definition) is 1. The fraction of sp³-hybridized carbons (Fsp3) is 0.188. The van der Waals surface area contributed by atoms with Gasteiger partial charge in [-0.3, -0.25) is 4.99 Å². The molecule has 0 aliphatic rings. The monoisotopic (exact) mass is 238 g/mol. The molecule has 2 rings (SSSR count). The Labute approximate surface area is 108 Å². The number of rotatable bonds is 3. The molecule has 92 valence electrons. The first kappa shape index (κ1) is 12.4. The van der Waals surface area contributed by atoms with E-state index in [0.717, 1.165) is 17.1 Å². The van der Waals surface area contributed by atoms with Gasteiger partial charge >= 0.3 is 0 Å². The number of para-hydroxylation sites is 1. The van der Waals surface area contributed by atoms with Gasteiger partial charge in [0.2, 0.25) is 0 Å². The van der Waals surface area contributed by atoms with Crippen LogP contribution in [0.1, 0.15) is 19.4 Å². The van der Waals surface area contributed by atoms with Crippen LogP contribution in [0.25, 0.3) is 0 Å². The van der Waals surface area contributed by atoms with Crippen molar-refractivity contribution in [3.63, 3.8) is 0 Å². The molecule has 0 unspecified atom stereocenters. The fourth-order valence-electron chi connectivity index (χ4n) is 1.69. The minimum absolute atomic E-state index is 0.261. The zero-order valence-electron chi connectivity index (χ0n) is 10.8. The summed E-state index contributed by atoms with van der Waals surface area (Å²) in [5, 5.41) is 3.38. The first-order valence-corrected chi connectivity index (χ1v) is 6.21. The third-order valence-electron chi connectivity index (χ3n) is 2.47. The summed E-state index contributed by atoms with van der Waals surface area (Å²) in [4.78, 5) is 4.65. The summed E-state index contributed by atoms with van der Waals surface area (Å²) in [6.07, 6.45) is 0. The molecule has 0 radical (unpaired) electrons. The van der Waals surface area contributed by atoms with Crippen LogP contribution >= 0.6 is 0 Å². The van der Waals surface area contributed by atoms with Gasteiger partial charge in [-0.15, -0.1) is 0 Å². The molecule has 0 bridgehead atoms. The highest BCUT2D eigenvalue weighted by Crippen LogP contribution is 2.10. The molecule has 0 fully saturated rings. The minimum Gasteiger partial charge on any atom is -0.340 e. The molecule has 0 saturated heterocycles. The van der Waals surface area contributed by atoms with Crippen molar-refractivity contribution in [2.45, 2.75) is 19.9 Å². The number of aliphatic imine (C=N–C) groups is 1. The van der Waals surface area contributed by atoms with E-state index in [2.05, 4.69) is 36.3 Å². The van der Waals surface area contributed by atoms with E-state index in [9.17, 15) is 0 Å². The number of nitrogens with zero attached hydrogens (tertiary/aromatic N) is 1. The largest absolute Gasteiger partial charge is 0.340 e. The first-order chi connectivity index (χ1) is 8.75. The van der Waals surface area contributed by atoms with E-state index >= 15 is 0 Å². The van der Waals surface area contributed by atoms with Gasteiger partial charge in [0, 0.05) is 17.3 Å². The highest BCUT2D eigenvalue weighted by Gasteiger charge is 2.04. The van der Waals surface area contributed by atoms with E-state index in [1.54, 1.807) is 0 Å². The fourth-order valence-corrected chi connectivity index (χ4v) is 1.69. The van der Waals surface area contributed by atoms with Gasteiger partial charge in [0.1, 0.15) is 5.84 Å². The van der Waals surface area contributed by atoms with Crippen LogP contribution in [0, 0.1) is 0 Å². The van der Waals surface area contributed by atoms with Gasteiger partial charge in [-0.2, -0.15) is 0 Å². The van der Waals surface area contributed by atoms with E-state index in [1.807, 2.05) is 48.5 Å². The van der Waals surface area contributed by atoms with Crippen molar-refractivity contribution in [2.24, 2.45) is 4.99 Å². The van der Waals surface area contributed by atoms with E-state index in [0.29, 0.717) is 0 Å². The molecule has 0 saturated carbocycles. The SMILES string of the molecule is CC(C)N=C(Nc1ccccc1)c1ccccc1. The highest BCUT2D eigenvalue weighted by atomic mass is 15.0. The molecule has 0 atom stereocenters. The molecule has 0 aliphatic heterocycles. The van der Waals surface area contributed by atoms with Gasteiger partial charge in [0.15, 0.2) is 0 Å². The molecule has 1 N–H and O–H groups in total. The number of anilines is 1. The van der Waals surface area contributed by atoms with Crippen molar-refractivity contribution in [3.8, 4) is 0 Å². The summed E-state index contributed by atoms with van der Waals surface area (Å²) in [6, 6.07) is 20.6. The normalized spacial score (nSPS) is 11.6. The Hall–Kier alpha value is -2.09. The lowest BCUT2D eigenvalue weighted by atomic mass is 10.2. The van der Waals surface area contributed by atoms with Gasteiger partial charge in [-0.25, -0.2) is 0 Å². The van der Waals surface area contributed by atoms with Crippen molar-refractivity contribution in [1.82, 2.24) is 0 Å². The topological polar surface area (TPSA) is 24.4 Å². The predicted octanol–water partition coefficient (Wildman–Crippen LogP) is 3.95. The van der Waals surface area contributed by atoms with Gasteiger partial charge in [-0.05, 0) is 26.0 Å². The standard InChI is InChI=1S/C16H18N2/c1-13(2)17-16(14-9-5-3-6-10-14)18-15-11-7-4-8-12-15/h3-13H,1-2H3,(H,17,18). The second-order valence-electron chi connectivity index (χ2n) is 4.43. The molecular weight excluding hydrogens is 220 g/mol.